The Morgan fingerprint density at radius 2 is 1.92 bits per heavy atom. The molecule has 2 rings (SSSR count). The molecule has 8 nitrogen and oxygen atoms in total. The van der Waals surface area contributed by atoms with Gasteiger partial charge in [-0.15, -0.1) is 4.83 Å². The number of carbonyl (C=O) groups excluding carboxylic acids is 1. The molecule has 0 aliphatic carbocycles. The quantitative estimate of drug-likeness (QED) is 0.649. The number of hydrazine groups is 1. The van der Waals surface area contributed by atoms with Crippen molar-refractivity contribution >= 4 is 15.9 Å². The summed E-state index contributed by atoms with van der Waals surface area (Å²) in [5.74, 6) is 0.0847. The lowest BCUT2D eigenvalue weighted by Crippen LogP contribution is -2.44. The monoisotopic (exact) mass is 368 g/mol. The molecule has 0 fully saturated rings. The molecule has 0 bridgehead atoms. The molecule has 2 N–H and O–H groups in total. The molecule has 9 heteroatoms. The SMILES string of the molecule is CO[C@@H](C)CS(=O)(=O)NNC(=O)c1ccc(COc2ccccc2)o1. The number of ether oxygens (including phenoxy) is 2. The summed E-state index contributed by atoms with van der Waals surface area (Å²) in [5, 5.41) is 0. The first-order valence-electron chi connectivity index (χ1n) is 7.49. The van der Waals surface area contributed by atoms with Gasteiger partial charge in [-0.3, -0.25) is 10.2 Å². The van der Waals surface area contributed by atoms with Crippen LogP contribution in [0, 0.1) is 0 Å². The number of nitrogens with one attached hydrogen (secondary N) is 2. The molecular formula is C16H20N2O6S. The van der Waals surface area contributed by atoms with E-state index in [0.29, 0.717) is 11.5 Å². The van der Waals surface area contributed by atoms with Crippen LogP contribution in [-0.2, 0) is 21.4 Å². The summed E-state index contributed by atoms with van der Waals surface area (Å²) in [6, 6.07) is 12.2. The fourth-order valence-electron chi connectivity index (χ4n) is 1.85. The van der Waals surface area contributed by atoms with Crippen molar-refractivity contribution in [2.45, 2.75) is 19.6 Å². The van der Waals surface area contributed by atoms with E-state index < -0.39 is 22.0 Å². The number of hydrogen-bond acceptors (Lipinski definition) is 6. The average molecular weight is 368 g/mol. The number of hydrogen-bond donors (Lipinski definition) is 2. The summed E-state index contributed by atoms with van der Waals surface area (Å²) < 4.78 is 39.2. The number of rotatable bonds is 9. The van der Waals surface area contributed by atoms with E-state index in [1.165, 1.54) is 13.2 Å². The van der Waals surface area contributed by atoms with Gasteiger partial charge in [0, 0.05) is 7.11 Å². The molecule has 1 amide bonds. The van der Waals surface area contributed by atoms with E-state index in [1.807, 2.05) is 23.0 Å². The third-order valence-corrected chi connectivity index (χ3v) is 4.51. The van der Waals surface area contributed by atoms with Crippen molar-refractivity contribution in [3.05, 3.63) is 54.0 Å². The van der Waals surface area contributed by atoms with Gasteiger partial charge in [0.15, 0.2) is 5.76 Å². The Balaban J connectivity index is 1.85. The Labute approximate surface area is 146 Å². The van der Waals surface area contributed by atoms with Gasteiger partial charge in [-0.1, -0.05) is 18.2 Å². The maximum atomic E-state index is 11.9. The highest BCUT2D eigenvalue weighted by Gasteiger charge is 2.18. The Bertz CT molecular complexity index is 788. The lowest BCUT2D eigenvalue weighted by atomic mass is 10.3. The number of methoxy groups -OCH3 is 1. The Kier molecular flexibility index (Phi) is 6.57. The van der Waals surface area contributed by atoms with Crippen LogP contribution in [0.15, 0.2) is 46.9 Å². The van der Waals surface area contributed by atoms with Gasteiger partial charge in [-0.2, -0.15) is 0 Å². The van der Waals surface area contributed by atoms with E-state index in [1.54, 1.807) is 25.1 Å². The minimum absolute atomic E-state index is 0.0332. The molecular weight excluding hydrogens is 348 g/mol. The van der Waals surface area contributed by atoms with E-state index in [2.05, 4.69) is 5.43 Å². The van der Waals surface area contributed by atoms with Crippen LogP contribution in [0.3, 0.4) is 0 Å². The normalized spacial score (nSPS) is 12.6. The molecule has 1 heterocycles. The second kappa shape index (κ2) is 8.65. The lowest BCUT2D eigenvalue weighted by molar-refractivity contribution is 0.0912. The van der Waals surface area contributed by atoms with Crippen molar-refractivity contribution in [2.75, 3.05) is 12.9 Å². The number of benzene rings is 1. The molecule has 0 aliphatic rings. The smallest absolute Gasteiger partial charge is 0.301 e. The Morgan fingerprint density at radius 3 is 2.60 bits per heavy atom. The van der Waals surface area contributed by atoms with Crippen LogP contribution in [0.5, 0.6) is 5.75 Å². The van der Waals surface area contributed by atoms with Gasteiger partial charge in [-0.25, -0.2) is 8.42 Å². The molecule has 0 saturated carbocycles. The van der Waals surface area contributed by atoms with Crippen LogP contribution < -0.4 is 15.0 Å². The second-order valence-corrected chi connectivity index (χ2v) is 7.02. The highest BCUT2D eigenvalue weighted by atomic mass is 32.2. The number of sulfonamides is 1. The van der Waals surface area contributed by atoms with Gasteiger partial charge in [0.1, 0.15) is 18.1 Å². The van der Waals surface area contributed by atoms with Crippen molar-refractivity contribution in [3.8, 4) is 5.75 Å². The topological polar surface area (TPSA) is 107 Å². The van der Waals surface area contributed by atoms with Crippen LogP contribution in [-0.4, -0.2) is 33.3 Å². The predicted octanol–water partition coefficient (Wildman–Crippen LogP) is 1.46. The molecule has 136 valence electrons. The minimum atomic E-state index is -3.71. The van der Waals surface area contributed by atoms with E-state index in [4.69, 9.17) is 13.9 Å². The summed E-state index contributed by atoms with van der Waals surface area (Å²) in [4.78, 5) is 13.9. The number of furan rings is 1. The fourth-order valence-corrected chi connectivity index (χ4v) is 2.94. The van der Waals surface area contributed by atoms with Crippen LogP contribution in [0.4, 0.5) is 0 Å². The second-order valence-electron chi connectivity index (χ2n) is 5.25. The van der Waals surface area contributed by atoms with Gasteiger partial charge < -0.3 is 13.9 Å². The first-order chi connectivity index (χ1) is 11.9. The molecule has 1 aromatic heterocycles. The molecule has 0 spiro atoms. The molecule has 0 aliphatic heterocycles. The van der Waals surface area contributed by atoms with Gasteiger partial charge in [-0.05, 0) is 31.2 Å². The third-order valence-electron chi connectivity index (χ3n) is 3.19. The van der Waals surface area contributed by atoms with Crippen molar-refractivity contribution in [1.29, 1.82) is 0 Å². The van der Waals surface area contributed by atoms with E-state index in [-0.39, 0.29) is 18.1 Å². The zero-order chi connectivity index (χ0) is 18.3. The zero-order valence-corrected chi connectivity index (χ0v) is 14.7. The molecule has 25 heavy (non-hydrogen) atoms. The summed E-state index contributed by atoms with van der Waals surface area (Å²) in [5.41, 5.74) is 2.09. The lowest BCUT2D eigenvalue weighted by Gasteiger charge is -2.11. The van der Waals surface area contributed by atoms with Crippen LogP contribution in [0.1, 0.15) is 23.2 Å². The first kappa shape index (κ1) is 19.0. The molecule has 0 radical (unpaired) electrons. The standard InChI is InChI=1S/C16H20N2O6S/c1-12(22-2)11-25(20,21)18-17-16(19)15-9-8-14(24-15)10-23-13-6-4-3-5-7-13/h3-9,12,18H,10-11H2,1-2H3,(H,17,19)/t12-/m0/s1. The molecule has 1 atom stereocenters. The van der Waals surface area contributed by atoms with Gasteiger partial charge >= 0.3 is 5.91 Å². The van der Waals surface area contributed by atoms with Crippen molar-refractivity contribution < 1.29 is 27.1 Å². The maximum absolute atomic E-state index is 11.9. The van der Waals surface area contributed by atoms with Gasteiger partial charge in [0.25, 0.3) is 0 Å². The molecule has 2 aromatic rings. The van der Waals surface area contributed by atoms with Gasteiger partial charge in [0.05, 0.1) is 11.9 Å². The zero-order valence-electron chi connectivity index (χ0n) is 13.9. The average Bonchev–Trinajstić information content (AvgIpc) is 3.07. The minimum Gasteiger partial charge on any atom is -0.486 e. The summed E-state index contributed by atoms with van der Waals surface area (Å²) >= 11 is 0. The fraction of sp³-hybridized carbons (Fsp3) is 0.312. The molecule has 0 unspecified atom stereocenters. The van der Waals surface area contributed by atoms with Crippen molar-refractivity contribution in [1.82, 2.24) is 10.3 Å². The molecule has 0 saturated heterocycles. The molecule has 1 aromatic carbocycles. The van der Waals surface area contributed by atoms with E-state index >= 15 is 0 Å². The van der Waals surface area contributed by atoms with E-state index in [9.17, 15) is 13.2 Å². The van der Waals surface area contributed by atoms with E-state index in [0.717, 1.165) is 0 Å². The van der Waals surface area contributed by atoms with Crippen molar-refractivity contribution in [2.24, 2.45) is 0 Å². The largest absolute Gasteiger partial charge is 0.486 e. The first-order valence-corrected chi connectivity index (χ1v) is 9.14. The number of carbonyl (C=O) groups is 1. The van der Waals surface area contributed by atoms with Crippen molar-refractivity contribution in [3.63, 3.8) is 0 Å². The predicted molar refractivity (Wildman–Crippen MR) is 90.3 cm³/mol. The van der Waals surface area contributed by atoms with Crippen LogP contribution in [0.25, 0.3) is 0 Å². The van der Waals surface area contributed by atoms with Crippen LogP contribution in [0.2, 0.25) is 0 Å². The third kappa shape index (κ3) is 6.22. The Morgan fingerprint density at radius 1 is 1.20 bits per heavy atom. The number of amides is 1. The van der Waals surface area contributed by atoms with Crippen LogP contribution >= 0.6 is 0 Å². The highest BCUT2D eigenvalue weighted by molar-refractivity contribution is 7.89. The number of para-hydroxylation sites is 1. The summed E-state index contributed by atoms with van der Waals surface area (Å²) in [7, 11) is -2.31. The summed E-state index contributed by atoms with van der Waals surface area (Å²) in [6.07, 6.45) is -0.500. The summed E-state index contributed by atoms with van der Waals surface area (Å²) in [6.45, 7) is 1.75. The van der Waals surface area contributed by atoms with Gasteiger partial charge in [0.2, 0.25) is 10.0 Å². The highest BCUT2D eigenvalue weighted by Crippen LogP contribution is 2.13. The maximum Gasteiger partial charge on any atom is 0.301 e. The Hall–Kier alpha value is -2.36.